The fourth-order valence-corrected chi connectivity index (χ4v) is 1.29. The number of carboxylic acid groups (broad SMARTS) is 2. The van der Waals surface area contributed by atoms with Gasteiger partial charge in [0.25, 0.3) is 0 Å². The molecule has 6 heteroatoms. The summed E-state index contributed by atoms with van der Waals surface area (Å²) in [4.78, 5) is 21.2. The summed E-state index contributed by atoms with van der Waals surface area (Å²) in [6.45, 7) is 0. The van der Waals surface area contributed by atoms with Crippen LogP contribution in [0.4, 0.5) is 8.78 Å². The van der Waals surface area contributed by atoms with E-state index in [1.165, 1.54) is 0 Å². The summed E-state index contributed by atoms with van der Waals surface area (Å²) in [5, 5.41) is 17.2. The molecule has 86 valence electrons. The Kier molecular flexibility index (Phi) is 3.55. The van der Waals surface area contributed by atoms with Gasteiger partial charge in [-0.15, -0.1) is 0 Å². The average molecular weight is 230 g/mol. The number of carbonyl (C=O) groups is 2. The highest BCUT2D eigenvalue weighted by Crippen LogP contribution is 2.23. The van der Waals surface area contributed by atoms with E-state index in [1.807, 2.05) is 0 Å². The maximum atomic E-state index is 13.2. The summed E-state index contributed by atoms with van der Waals surface area (Å²) < 4.78 is 25.8. The second kappa shape index (κ2) is 4.69. The Bertz CT molecular complexity index is 431. The second-order valence-corrected chi connectivity index (χ2v) is 3.15. The standard InChI is InChI=1S/C10H8F2O4/c11-5-1-2-6(8(12)3-5)7(10(15)16)4-9(13)14/h1-3,7H,4H2,(H,13,14)(H,15,16). The van der Waals surface area contributed by atoms with Gasteiger partial charge < -0.3 is 10.2 Å². The van der Waals surface area contributed by atoms with E-state index in [1.54, 1.807) is 0 Å². The molecule has 2 N–H and O–H groups in total. The van der Waals surface area contributed by atoms with Crippen LogP contribution in [0, 0.1) is 11.6 Å². The summed E-state index contributed by atoms with van der Waals surface area (Å²) >= 11 is 0. The SMILES string of the molecule is O=C(O)CC(C(=O)O)c1ccc(F)cc1F. The van der Waals surface area contributed by atoms with Crippen molar-refractivity contribution in [2.24, 2.45) is 0 Å². The van der Waals surface area contributed by atoms with E-state index in [0.717, 1.165) is 12.1 Å². The van der Waals surface area contributed by atoms with E-state index in [9.17, 15) is 18.4 Å². The van der Waals surface area contributed by atoms with Gasteiger partial charge in [-0.2, -0.15) is 0 Å². The van der Waals surface area contributed by atoms with Crippen molar-refractivity contribution < 1.29 is 28.6 Å². The van der Waals surface area contributed by atoms with Gasteiger partial charge >= 0.3 is 11.9 Å². The van der Waals surface area contributed by atoms with Crippen molar-refractivity contribution in [3.05, 3.63) is 35.4 Å². The molecule has 0 fully saturated rings. The van der Waals surface area contributed by atoms with Crippen molar-refractivity contribution in [3.63, 3.8) is 0 Å². The number of hydrogen-bond acceptors (Lipinski definition) is 2. The smallest absolute Gasteiger partial charge is 0.311 e. The molecule has 1 aromatic rings. The zero-order valence-corrected chi connectivity index (χ0v) is 7.98. The van der Waals surface area contributed by atoms with E-state index in [2.05, 4.69) is 0 Å². The van der Waals surface area contributed by atoms with E-state index >= 15 is 0 Å². The van der Waals surface area contributed by atoms with Crippen LogP contribution in [0.15, 0.2) is 18.2 Å². The highest BCUT2D eigenvalue weighted by molar-refractivity contribution is 5.82. The highest BCUT2D eigenvalue weighted by Gasteiger charge is 2.26. The van der Waals surface area contributed by atoms with Crippen LogP contribution in [0.3, 0.4) is 0 Å². The minimum atomic E-state index is -1.52. The molecule has 0 aliphatic carbocycles. The van der Waals surface area contributed by atoms with Crippen molar-refractivity contribution in [2.45, 2.75) is 12.3 Å². The van der Waals surface area contributed by atoms with Crippen LogP contribution < -0.4 is 0 Å². The number of carboxylic acids is 2. The quantitative estimate of drug-likeness (QED) is 0.823. The number of halogens is 2. The van der Waals surface area contributed by atoms with Crippen molar-refractivity contribution in [3.8, 4) is 0 Å². The Labute approximate surface area is 89.1 Å². The lowest BCUT2D eigenvalue weighted by atomic mass is 9.95. The first kappa shape index (κ1) is 12.1. The van der Waals surface area contributed by atoms with Gasteiger partial charge in [0.05, 0.1) is 12.3 Å². The van der Waals surface area contributed by atoms with Crippen LogP contribution in [0.25, 0.3) is 0 Å². The first-order valence-electron chi connectivity index (χ1n) is 4.31. The maximum Gasteiger partial charge on any atom is 0.311 e. The fourth-order valence-electron chi connectivity index (χ4n) is 1.29. The zero-order valence-electron chi connectivity index (χ0n) is 7.98. The van der Waals surface area contributed by atoms with Gasteiger partial charge in [0.1, 0.15) is 11.6 Å². The first-order valence-corrected chi connectivity index (χ1v) is 4.31. The largest absolute Gasteiger partial charge is 0.481 e. The molecule has 0 amide bonds. The fraction of sp³-hybridized carbons (Fsp3) is 0.200. The van der Waals surface area contributed by atoms with Crippen LogP contribution in [-0.2, 0) is 9.59 Å². The summed E-state index contributed by atoms with van der Waals surface area (Å²) in [6, 6.07) is 2.34. The summed E-state index contributed by atoms with van der Waals surface area (Å²) in [5.41, 5.74) is -0.337. The normalized spacial score (nSPS) is 12.1. The molecule has 0 aliphatic rings. The molecule has 1 unspecified atom stereocenters. The lowest BCUT2D eigenvalue weighted by Gasteiger charge is -2.10. The van der Waals surface area contributed by atoms with Gasteiger partial charge in [-0.25, -0.2) is 8.78 Å². The van der Waals surface area contributed by atoms with Crippen LogP contribution >= 0.6 is 0 Å². The molecule has 1 rings (SSSR count). The van der Waals surface area contributed by atoms with Crippen LogP contribution in [0.2, 0.25) is 0 Å². The number of hydrogen-bond donors (Lipinski definition) is 2. The van der Waals surface area contributed by atoms with Gasteiger partial charge in [0.15, 0.2) is 0 Å². The molecule has 0 aromatic heterocycles. The zero-order chi connectivity index (χ0) is 12.3. The molecule has 1 atom stereocenters. The van der Waals surface area contributed by atoms with Crippen LogP contribution in [0.1, 0.15) is 17.9 Å². The number of aliphatic carboxylic acids is 2. The third kappa shape index (κ3) is 2.75. The topological polar surface area (TPSA) is 74.6 Å². The molecular formula is C10H8F2O4. The molecule has 0 saturated carbocycles. The summed E-state index contributed by atoms with van der Waals surface area (Å²) in [7, 11) is 0. The Morgan fingerprint density at radius 2 is 1.88 bits per heavy atom. The third-order valence-electron chi connectivity index (χ3n) is 2.01. The van der Waals surface area contributed by atoms with Gasteiger partial charge in [-0.1, -0.05) is 6.07 Å². The van der Waals surface area contributed by atoms with Gasteiger partial charge in [-0.05, 0) is 6.07 Å². The Hall–Kier alpha value is -1.98. The molecule has 16 heavy (non-hydrogen) atoms. The molecule has 0 aliphatic heterocycles. The average Bonchev–Trinajstić information content (AvgIpc) is 2.14. The Morgan fingerprint density at radius 3 is 2.31 bits per heavy atom. The van der Waals surface area contributed by atoms with Gasteiger partial charge in [0.2, 0.25) is 0 Å². The number of rotatable bonds is 4. The molecule has 0 heterocycles. The Balaban J connectivity index is 3.10. The predicted molar refractivity (Wildman–Crippen MR) is 49.0 cm³/mol. The second-order valence-electron chi connectivity index (χ2n) is 3.15. The van der Waals surface area contributed by atoms with E-state index in [-0.39, 0.29) is 5.56 Å². The lowest BCUT2D eigenvalue weighted by molar-refractivity contribution is -0.145. The predicted octanol–water partition coefficient (Wildman–Crippen LogP) is 1.61. The number of benzene rings is 1. The molecule has 4 nitrogen and oxygen atoms in total. The molecule has 0 spiro atoms. The van der Waals surface area contributed by atoms with Crippen LogP contribution in [-0.4, -0.2) is 22.2 Å². The third-order valence-corrected chi connectivity index (χ3v) is 2.01. The van der Waals surface area contributed by atoms with Crippen LogP contribution in [0.5, 0.6) is 0 Å². The Morgan fingerprint density at radius 1 is 1.25 bits per heavy atom. The van der Waals surface area contributed by atoms with E-state index in [4.69, 9.17) is 10.2 Å². The van der Waals surface area contributed by atoms with Gasteiger partial charge in [0, 0.05) is 11.6 Å². The minimum Gasteiger partial charge on any atom is -0.481 e. The van der Waals surface area contributed by atoms with Crippen molar-refractivity contribution >= 4 is 11.9 Å². The maximum absolute atomic E-state index is 13.2. The summed E-state index contributed by atoms with van der Waals surface area (Å²) in [6.07, 6.45) is -0.752. The molecular weight excluding hydrogens is 222 g/mol. The highest BCUT2D eigenvalue weighted by atomic mass is 19.1. The first-order chi connectivity index (χ1) is 7.41. The minimum absolute atomic E-state index is 0.337. The molecule has 0 bridgehead atoms. The summed E-state index contributed by atoms with van der Waals surface area (Å²) in [5.74, 6) is -6.25. The molecule has 1 aromatic carbocycles. The lowest BCUT2D eigenvalue weighted by Crippen LogP contribution is -2.17. The van der Waals surface area contributed by atoms with E-state index in [0.29, 0.717) is 6.07 Å². The van der Waals surface area contributed by atoms with Crippen molar-refractivity contribution in [1.82, 2.24) is 0 Å². The van der Waals surface area contributed by atoms with Crippen molar-refractivity contribution in [1.29, 1.82) is 0 Å². The van der Waals surface area contributed by atoms with E-state index < -0.39 is 35.9 Å². The monoisotopic (exact) mass is 230 g/mol. The molecule has 0 radical (unpaired) electrons. The molecule has 0 saturated heterocycles. The van der Waals surface area contributed by atoms with Gasteiger partial charge in [-0.3, -0.25) is 9.59 Å². The van der Waals surface area contributed by atoms with Crippen molar-refractivity contribution in [2.75, 3.05) is 0 Å².